The van der Waals surface area contributed by atoms with Gasteiger partial charge in [0.25, 0.3) is 0 Å². The fourth-order valence-electron chi connectivity index (χ4n) is 5.49. The lowest BCUT2D eigenvalue weighted by Crippen LogP contribution is -2.60. The fraction of sp³-hybridized carbons (Fsp3) is 0.393. The second-order valence-corrected chi connectivity index (χ2v) is 11.8. The number of likely N-dealkylation sites (tertiary alicyclic amines) is 1. The van der Waals surface area contributed by atoms with Gasteiger partial charge in [0.15, 0.2) is 10.8 Å². The second-order valence-electron chi connectivity index (χ2n) is 10.8. The van der Waals surface area contributed by atoms with Gasteiger partial charge in [-0.2, -0.15) is 19.7 Å². The molecule has 1 saturated carbocycles. The Kier molecular flexibility index (Phi) is 6.43. The van der Waals surface area contributed by atoms with Crippen LogP contribution in [0.25, 0.3) is 22.3 Å². The third-order valence-corrected chi connectivity index (χ3v) is 8.99. The Balaban J connectivity index is 1.21. The van der Waals surface area contributed by atoms with Crippen molar-refractivity contribution in [3.63, 3.8) is 0 Å². The first-order chi connectivity index (χ1) is 20.3. The summed E-state index contributed by atoms with van der Waals surface area (Å²) in [5, 5.41) is 25.2. The van der Waals surface area contributed by atoms with Crippen LogP contribution in [0.4, 0.5) is 30.2 Å². The van der Waals surface area contributed by atoms with E-state index in [1.807, 2.05) is 21.5 Å². The number of hydrogen-bond donors (Lipinski definition) is 1. The van der Waals surface area contributed by atoms with Crippen LogP contribution in [0.2, 0.25) is 0 Å². The zero-order chi connectivity index (χ0) is 29.1. The third kappa shape index (κ3) is 4.58. The molecule has 11 nitrogen and oxygen atoms in total. The predicted molar refractivity (Wildman–Crippen MR) is 153 cm³/mol. The van der Waals surface area contributed by atoms with Gasteiger partial charge in [-0.3, -0.25) is 0 Å². The van der Waals surface area contributed by atoms with E-state index in [-0.39, 0.29) is 23.5 Å². The monoisotopic (exact) mass is 591 g/mol. The molecule has 7 rings (SSSR count). The number of anilines is 3. The molecular weight excluding hydrogens is 564 g/mol. The van der Waals surface area contributed by atoms with Crippen LogP contribution in [0.3, 0.4) is 0 Å². The zero-order valence-corrected chi connectivity index (χ0v) is 23.6. The SMILES string of the molecule is CN(c1nc(-c2ccc(F)cc2)c(C#N)s1)c1c2cc(N3CCN(C(=O)N4CC(O)C4)CC3)c(F)nc2nn1C1CC1. The number of aromatic nitrogens is 4. The molecule has 3 aromatic heterocycles. The number of nitrogens with zero attached hydrogens (tertiary/aromatic N) is 9. The van der Waals surface area contributed by atoms with Crippen molar-refractivity contribution >= 4 is 45.0 Å². The number of β-amino-alcohol motifs (C(OH)–C–C–N with tert-alkyl or cyclic N) is 1. The van der Waals surface area contributed by atoms with Gasteiger partial charge in [0.1, 0.15) is 28.3 Å². The average Bonchev–Trinajstić information content (AvgIpc) is 3.63. The molecule has 2 saturated heterocycles. The molecule has 1 aromatic carbocycles. The van der Waals surface area contributed by atoms with Crippen LogP contribution in [-0.4, -0.2) is 93.1 Å². The summed E-state index contributed by atoms with van der Waals surface area (Å²) < 4.78 is 30.8. The Labute approximate surface area is 243 Å². The number of carbonyl (C=O) groups is 1. The summed E-state index contributed by atoms with van der Waals surface area (Å²) in [6.45, 7) is 2.42. The molecule has 1 N–H and O–H groups in total. The van der Waals surface area contributed by atoms with Gasteiger partial charge in [-0.15, -0.1) is 0 Å². The van der Waals surface area contributed by atoms with E-state index in [1.54, 1.807) is 28.0 Å². The molecule has 4 aromatic rings. The number of aliphatic hydroxyl groups is 1. The molecule has 3 aliphatic rings. The number of nitriles is 1. The zero-order valence-electron chi connectivity index (χ0n) is 22.7. The molecule has 5 heterocycles. The Hall–Kier alpha value is -4.35. The highest BCUT2D eigenvalue weighted by atomic mass is 32.1. The van der Waals surface area contributed by atoms with Crippen molar-refractivity contribution in [3.05, 3.63) is 47.0 Å². The summed E-state index contributed by atoms with van der Waals surface area (Å²) in [5.74, 6) is -0.290. The molecule has 2 aliphatic heterocycles. The number of hydrogen-bond acceptors (Lipinski definition) is 9. The Morgan fingerprint density at radius 1 is 1.10 bits per heavy atom. The van der Waals surface area contributed by atoms with Crippen molar-refractivity contribution in [3.8, 4) is 17.3 Å². The number of urea groups is 1. The molecule has 0 radical (unpaired) electrons. The minimum absolute atomic E-state index is 0.108. The van der Waals surface area contributed by atoms with E-state index < -0.39 is 12.1 Å². The lowest BCUT2D eigenvalue weighted by atomic mass is 10.1. The molecule has 42 heavy (non-hydrogen) atoms. The van der Waals surface area contributed by atoms with Gasteiger partial charge in [0.2, 0.25) is 5.95 Å². The number of piperazine rings is 1. The predicted octanol–water partition coefficient (Wildman–Crippen LogP) is 3.73. The highest BCUT2D eigenvalue weighted by Gasteiger charge is 2.35. The van der Waals surface area contributed by atoms with E-state index in [1.165, 1.54) is 23.5 Å². The fourth-order valence-corrected chi connectivity index (χ4v) is 6.34. The van der Waals surface area contributed by atoms with E-state index in [9.17, 15) is 19.6 Å². The average molecular weight is 592 g/mol. The first kappa shape index (κ1) is 26.5. The third-order valence-electron chi connectivity index (χ3n) is 7.95. The van der Waals surface area contributed by atoms with Crippen LogP contribution in [0.5, 0.6) is 0 Å². The van der Waals surface area contributed by atoms with E-state index >= 15 is 4.39 Å². The molecule has 0 bridgehead atoms. The Bertz CT molecular complexity index is 1720. The number of carbonyl (C=O) groups excluding carboxylic acids is 1. The molecule has 0 unspecified atom stereocenters. The minimum atomic E-state index is -0.623. The number of rotatable bonds is 5. The normalized spacial score (nSPS) is 17.5. The lowest BCUT2D eigenvalue weighted by molar-refractivity contribution is 0.0145. The number of aliphatic hydroxyl groups excluding tert-OH is 1. The second kappa shape index (κ2) is 10.2. The summed E-state index contributed by atoms with van der Waals surface area (Å²) >= 11 is 1.22. The van der Waals surface area contributed by atoms with Crippen LogP contribution in [0.15, 0.2) is 30.3 Å². The lowest BCUT2D eigenvalue weighted by Gasteiger charge is -2.42. The van der Waals surface area contributed by atoms with E-state index in [0.717, 1.165) is 12.8 Å². The summed E-state index contributed by atoms with van der Waals surface area (Å²) in [6.07, 6.45) is 1.42. The molecule has 14 heteroatoms. The van der Waals surface area contributed by atoms with Crippen molar-refractivity contribution in [2.75, 3.05) is 56.1 Å². The number of amides is 2. The van der Waals surface area contributed by atoms with Gasteiger partial charge < -0.3 is 24.7 Å². The molecule has 0 spiro atoms. The van der Waals surface area contributed by atoms with Crippen LogP contribution >= 0.6 is 11.3 Å². The van der Waals surface area contributed by atoms with Gasteiger partial charge in [-0.05, 0) is 43.2 Å². The molecule has 2 amide bonds. The van der Waals surface area contributed by atoms with E-state index in [2.05, 4.69) is 16.2 Å². The van der Waals surface area contributed by atoms with E-state index in [4.69, 9.17) is 4.98 Å². The van der Waals surface area contributed by atoms with Crippen LogP contribution in [-0.2, 0) is 0 Å². The number of thiazole rings is 1. The number of pyridine rings is 1. The first-order valence-corrected chi connectivity index (χ1v) is 14.6. The molecule has 0 atom stereocenters. The Morgan fingerprint density at radius 3 is 2.45 bits per heavy atom. The minimum Gasteiger partial charge on any atom is -0.389 e. The maximum Gasteiger partial charge on any atom is 0.320 e. The van der Waals surface area contributed by atoms with Gasteiger partial charge in [-0.25, -0.2) is 18.9 Å². The van der Waals surface area contributed by atoms with Crippen LogP contribution in [0.1, 0.15) is 23.8 Å². The summed E-state index contributed by atoms with van der Waals surface area (Å²) in [7, 11) is 1.84. The first-order valence-electron chi connectivity index (χ1n) is 13.8. The van der Waals surface area contributed by atoms with Crippen molar-refractivity contribution in [2.24, 2.45) is 0 Å². The van der Waals surface area contributed by atoms with Crippen molar-refractivity contribution < 1.29 is 18.7 Å². The largest absolute Gasteiger partial charge is 0.389 e. The van der Waals surface area contributed by atoms with Crippen LogP contribution < -0.4 is 9.80 Å². The standard InChI is InChI=1S/C28H27F2N9O2S/c1-35(27-32-23(22(13-31)42-27)16-2-4-17(29)5-3-16)26-20-12-21(24(30)33-25(20)34-39(26)18-6-7-18)36-8-10-37(11-9-36)28(41)38-14-19(40)15-38/h2-5,12,18-19,40H,6-11,14-15H2,1H3. The molecular formula is C28H27F2N9O2S. The highest BCUT2D eigenvalue weighted by Crippen LogP contribution is 2.44. The summed E-state index contributed by atoms with van der Waals surface area (Å²) in [5.41, 5.74) is 1.73. The molecule has 1 aliphatic carbocycles. The van der Waals surface area contributed by atoms with Gasteiger partial charge >= 0.3 is 6.03 Å². The van der Waals surface area contributed by atoms with Crippen LogP contribution in [0, 0.1) is 23.1 Å². The number of benzene rings is 1. The quantitative estimate of drug-likeness (QED) is 0.349. The van der Waals surface area contributed by atoms with Gasteiger partial charge in [0, 0.05) is 38.8 Å². The maximum absolute atomic E-state index is 15.4. The van der Waals surface area contributed by atoms with Crippen molar-refractivity contribution in [2.45, 2.75) is 25.0 Å². The topological polar surface area (TPSA) is 118 Å². The molecule has 216 valence electrons. The molecule has 3 fully saturated rings. The highest BCUT2D eigenvalue weighted by molar-refractivity contribution is 7.16. The summed E-state index contributed by atoms with van der Waals surface area (Å²) in [4.78, 5) is 29.1. The van der Waals surface area contributed by atoms with Gasteiger partial charge in [0.05, 0.1) is 36.3 Å². The maximum atomic E-state index is 15.4. The van der Waals surface area contributed by atoms with Crippen molar-refractivity contribution in [1.82, 2.24) is 29.5 Å². The van der Waals surface area contributed by atoms with E-state index in [0.29, 0.717) is 77.4 Å². The number of halogens is 2. The number of fused-ring (bicyclic) bond motifs is 1. The van der Waals surface area contributed by atoms with Gasteiger partial charge in [-0.1, -0.05) is 11.3 Å². The Morgan fingerprint density at radius 2 is 1.81 bits per heavy atom. The smallest absolute Gasteiger partial charge is 0.320 e. The van der Waals surface area contributed by atoms with Crippen molar-refractivity contribution in [1.29, 1.82) is 5.26 Å². The summed E-state index contributed by atoms with van der Waals surface area (Å²) in [6, 6.07) is 9.88.